The van der Waals surface area contributed by atoms with E-state index in [9.17, 15) is 28.1 Å². The molecule has 0 bridgehead atoms. The molecule has 2 aromatic heterocycles. The number of nitro benzene ring substituents is 1. The van der Waals surface area contributed by atoms with Gasteiger partial charge in [-0.2, -0.15) is 13.2 Å². The Hall–Kier alpha value is -3.96. The van der Waals surface area contributed by atoms with Gasteiger partial charge < -0.3 is 14.5 Å². The maximum Gasteiger partial charge on any atom is 0.418 e. The van der Waals surface area contributed by atoms with Crippen LogP contribution in [-0.4, -0.2) is 29.9 Å². The number of carbonyl (C=O) groups is 1. The summed E-state index contributed by atoms with van der Waals surface area (Å²) in [5.41, 5.74) is -0.730. The van der Waals surface area contributed by atoms with E-state index in [2.05, 4.69) is 15.3 Å². The van der Waals surface area contributed by atoms with Crippen LogP contribution in [-0.2, 0) is 17.5 Å². The second-order valence-electron chi connectivity index (χ2n) is 7.46. The zero-order valence-corrected chi connectivity index (χ0v) is 16.9. The molecule has 2 aromatic carbocycles. The fraction of sp³-hybridized carbons (Fsp3) is 0.250. The predicted octanol–water partition coefficient (Wildman–Crippen LogP) is 4.53. The lowest BCUT2D eigenvalue weighted by Crippen LogP contribution is -2.19. The van der Waals surface area contributed by atoms with Crippen LogP contribution in [0.15, 0.2) is 43.0 Å². The van der Waals surface area contributed by atoms with Gasteiger partial charge in [0.15, 0.2) is 0 Å². The van der Waals surface area contributed by atoms with E-state index in [0.717, 1.165) is 6.07 Å². The van der Waals surface area contributed by atoms with Crippen LogP contribution in [0.4, 0.5) is 24.5 Å². The fourth-order valence-electron chi connectivity index (χ4n) is 3.58. The molecule has 1 amide bonds. The highest BCUT2D eigenvalue weighted by Crippen LogP contribution is 2.37. The second-order valence-corrected chi connectivity index (χ2v) is 7.46. The van der Waals surface area contributed by atoms with Crippen LogP contribution in [0, 0.1) is 10.1 Å². The predicted molar refractivity (Wildman–Crippen MR) is 110 cm³/mol. The average molecular weight is 446 g/mol. The van der Waals surface area contributed by atoms with Crippen LogP contribution in [0.5, 0.6) is 0 Å². The topological polar surface area (TPSA) is 108 Å². The first-order valence-electron chi connectivity index (χ1n) is 9.52. The summed E-state index contributed by atoms with van der Waals surface area (Å²) < 4.78 is 43.9. The van der Waals surface area contributed by atoms with Crippen molar-refractivity contribution in [2.75, 3.05) is 5.32 Å². The van der Waals surface area contributed by atoms with Gasteiger partial charge in [-0.1, -0.05) is 6.07 Å². The molecule has 0 atom stereocenters. The molecule has 9 nitrogen and oxygen atoms in total. The zero-order valence-electron chi connectivity index (χ0n) is 16.9. The minimum atomic E-state index is -4.66. The number of carbonyl (C=O) groups excluding carboxylic acids is 1. The Morgan fingerprint density at radius 2 is 1.88 bits per heavy atom. The highest BCUT2D eigenvalue weighted by atomic mass is 19.4. The van der Waals surface area contributed by atoms with Gasteiger partial charge in [-0.3, -0.25) is 14.9 Å². The molecule has 4 rings (SSSR count). The molecule has 0 aliphatic heterocycles. The molecule has 0 unspecified atom stereocenters. The summed E-state index contributed by atoms with van der Waals surface area (Å²) in [6.45, 7) is 3.11. The van der Waals surface area contributed by atoms with Gasteiger partial charge >= 0.3 is 6.18 Å². The first kappa shape index (κ1) is 21.3. The molecule has 1 N–H and O–H groups in total. The number of alkyl halides is 3. The molecule has 0 saturated heterocycles. The van der Waals surface area contributed by atoms with Crippen LogP contribution in [0.25, 0.3) is 22.1 Å². The third-order valence-electron chi connectivity index (χ3n) is 4.94. The fourth-order valence-corrected chi connectivity index (χ4v) is 3.58. The number of hydrogen-bond acceptors (Lipinski definition) is 5. The Bertz CT molecular complexity index is 1360. The van der Waals surface area contributed by atoms with Gasteiger partial charge in [0.25, 0.3) is 5.69 Å². The number of halogens is 3. The molecule has 32 heavy (non-hydrogen) atoms. The number of nitro groups is 1. The highest BCUT2D eigenvalue weighted by molar-refractivity contribution is 5.95. The van der Waals surface area contributed by atoms with Gasteiger partial charge in [0.2, 0.25) is 5.91 Å². The average Bonchev–Trinajstić information content (AvgIpc) is 3.30. The quantitative estimate of drug-likeness (QED) is 0.358. The molecule has 0 aliphatic carbocycles. The van der Waals surface area contributed by atoms with Crippen molar-refractivity contribution in [3.63, 3.8) is 0 Å². The minimum absolute atomic E-state index is 0.0678. The van der Waals surface area contributed by atoms with Crippen molar-refractivity contribution in [3.05, 3.63) is 58.7 Å². The lowest BCUT2D eigenvalue weighted by molar-refractivity contribution is -0.383. The van der Waals surface area contributed by atoms with Crippen LogP contribution < -0.4 is 5.32 Å². The van der Waals surface area contributed by atoms with E-state index < -0.39 is 22.6 Å². The van der Waals surface area contributed by atoms with E-state index in [1.807, 2.05) is 0 Å². The van der Waals surface area contributed by atoms with Crippen molar-refractivity contribution in [2.24, 2.45) is 0 Å². The molecule has 0 fully saturated rings. The molecular formula is C20H17F3N6O3. The number of nitrogens with one attached hydrogen (secondary N) is 1. The molecule has 166 valence electrons. The maximum absolute atomic E-state index is 13.7. The summed E-state index contributed by atoms with van der Waals surface area (Å²) in [6, 6.07) is 6.29. The number of amides is 1. The lowest BCUT2D eigenvalue weighted by atomic mass is 10.1. The number of anilines is 1. The van der Waals surface area contributed by atoms with Crippen molar-refractivity contribution < 1.29 is 22.9 Å². The Morgan fingerprint density at radius 3 is 2.53 bits per heavy atom. The molecule has 2 heterocycles. The monoisotopic (exact) mass is 446 g/mol. The number of aromatic nitrogens is 4. The van der Waals surface area contributed by atoms with E-state index in [1.54, 1.807) is 19.9 Å². The summed E-state index contributed by atoms with van der Waals surface area (Å²) in [5.74, 6) is -0.668. The Morgan fingerprint density at radius 1 is 1.16 bits per heavy atom. The number of hydrogen-bond donors (Lipinski definition) is 1. The summed E-state index contributed by atoms with van der Waals surface area (Å²) >= 11 is 0. The van der Waals surface area contributed by atoms with Crippen LogP contribution in [0.3, 0.4) is 0 Å². The van der Waals surface area contributed by atoms with Crippen molar-refractivity contribution >= 4 is 39.3 Å². The van der Waals surface area contributed by atoms with E-state index in [4.69, 9.17) is 0 Å². The zero-order chi connectivity index (χ0) is 23.2. The summed E-state index contributed by atoms with van der Waals surface area (Å²) in [7, 11) is 0. The number of nitrogens with zero attached hydrogens (tertiary/aromatic N) is 5. The molecule has 0 aliphatic rings. The molecule has 4 aromatic rings. The van der Waals surface area contributed by atoms with Crippen LogP contribution >= 0.6 is 0 Å². The normalized spacial score (nSPS) is 12.1. The Labute approximate surface area is 178 Å². The largest absolute Gasteiger partial charge is 0.418 e. The summed E-state index contributed by atoms with van der Waals surface area (Å²) in [4.78, 5) is 31.4. The Kier molecular flexibility index (Phi) is 5.07. The van der Waals surface area contributed by atoms with Crippen LogP contribution in [0.2, 0.25) is 0 Å². The molecule has 12 heteroatoms. The van der Waals surface area contributed by atoms with Crippen molar-refractivity contribution in [2.45, 2.75) is 32.6 Å². The van der Waals surface area contributed by atoms with Gasteiger partial charge in [0, 0.05) is 17.8 Å². The van der Waals surface area contributed by atoms with E-state index in [-0.39, 0.29) is 40.5 Å². The second kappa shape index (κ2) is 7.62. The molecular weight excluding hydrogens is 429 g/mol. The van der Waals surface area contributed by atoms with Crippen LogP contribution in [0.1, 0.15) is 25.5 Å². The van der Waals surface area contributed by atoms with E-state index >= 15 is 0 Å². The van der Waals surface area contributed by atoms with E-state index in [1.165, 1.54) is 40.0 Å². The Balaban J connectivity index is 1.68. The van der Waals surface area contributed by atoms with Gasteiger partial charge in [0.1, 0.15) is 12.1 Å². The van der Waals surface area contributed by atoms with Gasteiger partial charge in [0.05, 0.1) is 39.7 Å². The SMILES string of the molecule is CC(C)n1cnc2cc(NC(=O)Cn3cnc4cccc([N+](=O)[O-])c43)cc(C(F)(F)F)c21. The van der Waals surface area contributed by atoms with E-state index in [0.29, 0.717) is 5.52 Å². The third kappa shape index (κ3) is 3.74. The number of rotatable bonds is 5. The van der Waals surface area contributed by atoms with Gasteiger partial charge in [-0.25, -0.2) is 9.97 Å². The van der Waals surface area contributed by atoms with Crippen molar-refractivity contribution in [3.8, 4) is 0 Å². The van der Waals surface area contributed by atoms with Gasteiger partial charge in [-0.05, 0) is 32.0 Å². The van der Waals surface area contributed by atoms with Crippen molar-refractivity contribution in [1.29, 1.82) is 0 Å². The first-order chi connectivity index (χ1) is 15.1. The number of fused-ring (bicyclic) bond motifs is 2. The third-order valence-corrected chi connectivity index (χ3v) is 4.94. The highest BCUT2D eigenvalue weighted by Gasteiger charge is 2.35. The molecule has 0 saturated carbocycles. The number of para-hydroxylation sites is 1. The summed E-state index contributed by atoms with van der Waals surface area (Å²) in [5, 5.41) is 13.7. The number of benzene rings is 2. The van der Waals surface area contributed by atoms with Crippen molar-refractivity contribution in [1.82, 2.24) is 19.1 Å². The molecule has 0 spiro atoms. The number of imidazole rings is 2. The lowest BCUT2D eigenvalue weighted by Gasteiger charge is -2.15. The first-order valence-corrected chi connectivity index (χ1v) is 9.52. The smallest absolute Gasteiger partial charge is 0.328 e. The van der Waals surface area contributed by atoms with Gasteiger partial charge in [-0.15, -0.1) is 0 Å². The maximum atomic E-state index is 13.7. The summed E-state index contributed by atoms with van der Waals surface area (Å²) in [6.07, 6.45) is -2.06. The molecule has 0 radical (unpaired) electrons. The minimum Gasteiger partial charge on any atom is -0.328 e. The standard InChI is InChI=1S/C20H17F3N6O3/c1-11(2)28-10-25-15-7-12(6-13(18(15)28)20(21,22)23)26-17(30)8-27-9-24-14-4-3-5-16(19(14)27)29(31)32/h3-7,9-11H,8H2,1-2H3,(H,26,30). The number of non-ortho nitro benzene ring substituents is 1.